The van der Waals surface area contributed by atoms with E-state index < -0.39 is 17.1 Å². The first kappa shape index (κ1) is 21.2. The normalized spacial score (nSPS) is 9.73. The third-order valence-electron chi connectivity index (χ3n) is 2.25. The summed E-state index contributed by atoms with van der Waals surface area (Å²) in [4.78, 5) is 11.1. The van der Waals surface area contributed by atoms with Gasteiger partial charge in [0.25, 0.3) is 5.95 Å². The molecule has 0 saturated heterocycles. The number of hydrogen-bond acceptors (Lipinski definition) is 9. The van der Waals surface area contributed by atoms with Crippen molar-refractivity contribution in [1.82, 2.24) is 15.0 Å². The Bertz CT molecular complexity index is 774. The lowest BCUT2D eigenvalue weighted by atomic mass is 10.3. The molecule has 142 valence electrons. The van der Waals surface area contributed by atoms with E-state index in [0.29, 0.717) is 13.2 Å². The van der Waals surface area contributed by atoms with E-state index in [-0.39, 0.29) is 23.7 Å². The average molecular weight is 390 g/mol. The molecule has 0 amide bonds. The molecule has 0 N–H and O–H groups in total. The second kappa shape index (κ2) is 11.6. The molecule has 0 bridgehead atoms. The van der Waals surface area contributed by atoms with Crippen LogP contribution in [0.2, 0.25) is 0 Å². The van der Waals surface area contributed by atoms with Crippen molar-refractivity contribution in [3.63, 3.8) is 0 Å². The summed E-state index contributed by atoms with van der Waals surface area (Å²) in [5.41, 5.74) is 0. The number of ether oxygens (including phenoxy) is 3. The van der Waals surface area contributed by atoms with Crippen molar-refractivity contribution in [1.29, 1.82) is 0 Å². The second-order valence-corrected chi connectivity index (χ2v) is 4.68. The summed E-state index contributed by atoms with van der Waals surface area (Å²) >= 11 is 0. The average Bonchev–Trinajstić information content (AvgIpc) is 2.55. The van der Waals surface area contributed by atoms with Crippen LogP contribution in [0.3, 0.4) is 0 Å². The Morgan fingerprint density at radius 3 is 1.96 bits per heavy atom. The fourth-order valence-corrected chi connectivity index (χ4v) is 1.64. The van der Waals surface area contributed by atoms with Gasteiger partial charge in [-0.1, -0.05) is 22.6 Å². The topological polar surface area (TPSA) is 113 Å². The Morgan fingerprint density at radius 2 is 1.54 bits per heavy atom. The Hall–Kier alpha value is -2.89. The monoisotopic (exact) mass is 390 g/mol. The largest absolute Gasteiger partial charge is 0.464 e. The Kier molecular flexibility index (Phi) is 9.46. The lowest BCUT2D eigenvalue weighted by Crippen LogP contribution is -2.03. The van der Waals surface area contributed by atoms with Crippen molar-refractivity contribution in [3.05, 3.63) is 30.3 Å². The maximum absolute atomic E-state index is 11.5. The van der Waals surface area contributed by atoms with E-state index in [2.05, 4.69) is 24.1 Å². The first-order valence-electron chi connectivity index (χ1n) is 7.27. The number of hydrogen-bond donors (Lipinski definition) is 0. The van der Waals surface area contributed by atoms with Crippen LogP contribution in [0.5, 0.6) is 17.8 Å². The second-order valence-electron chi connectivity index (χ2n) is 4.07. The SMILES string of the molecule is CCOc1nc(N=S(=O)=O)nc(OCC)n1.FC(F)Oc1ccccc1. The predicted molar refractivity (Wildman–Crippen MR) is 86.2 cm³/mol. The number of aromatic nitrogens is 3. The van der Waals surface area contributed by atoms with Gasteiger partial charge in [-0.3, -0.25) is 0 Å². The maximum atomic E-state index is 11.5. The van der Waals surface area contributed by atoms with Gasteiger partial charge in [0.15, 0.2) is 0 Å². The summed E-state index contributed by atoms with van der Waals surface area (Å²) in [6.45, 7) is 1.44. The summed E-state index contributed by atoms with van der Waals surface area (Å²) in [5.74, 6) is -0.0762. The lowest BCUT2D eigenvalue weighted by molar-refractivity contribution is -0.0498. The van der Waals surface area contributed by atoms with Crippen molar-refractivity contribution in [2.24, 2.45) is 4.36 Å². The van der Waals surface area contributed by atoms with E-state index in [1.54, 1.807) is 32.0 Å². The summed E-state index contributed by atoms with van der Waals surface area (Å²) in [6, 6.07) is 7.92. The predicted octanol–water partition coefficient (Wildman–Crippen LogP) is 2.65. The van der Waals surface area contributed by atoms with Crippen molar-refractivity contribution in [3.8, 4) is 17.8 Å². The van der Waals surface area contributed by atoms with Crippen LogP contribution in [0, 0.1) is 0 Å². The van der Waals surface area contributed by atoms with Gasteiger partial charge in [-0.05, 0) is 26.0 Å². The van der Waals surface area contributed by atoms with E-state index in [4.69, 9.17) is 9.47 Å². The smallest absolute Gasteiger partial charge is 0.387 e. The highest BCUT2D eigenvalue weighted by atomic mass is 32.2. The summed E-state index contributed by atoms with van der Waals surface area (Å²) < 4.78 is 61.0. The Balaban J connectivity index is 0.000000289. The number of halogens is 2. The fourth-order valence-electron chi connectivity index (χ4n) is 1.42. The first-order chi connectivity index (χ1) is 12.4. The standard InChI is InChI=1S/C7H6F2O.C7H10N4O4S/c8-7(9)10-6-4-2-1-3-5-6;1-3-14-6-8-5(11-16(12)13)9-7(10-6)15-4-2/h1-5,7H;3-4H2,1-2H3. The highest BCUT2D eigenvalue weighted by molar-refractivity contribution is 7.61. The molecule has 0 fully saturated rings. The Morgan fingerprint density at radius 1 is 1.00 bits per heavy atom. The maximum Gasteiger partial charge on any atom is 0.387 e. The van der Waals surface area contributed by atoms with Gasteiger partial charge in [0.2, 0.25) is 0 Å². The van der Waals surface area contributed by atoms with Gasteiger partial charge in [0.05, 0.1) is 13.2 Å². The van der Waals surface area contributed by atoms with Crippen LogP contribution < -0.4 is 14.2 Å². The third-order valence-corrected chi connectivity index (χ3v) is 2.57. The van der Waals surface area contributed by atoms with E-state index in [1.807, 2.05) is 0 Å². The molecule has 0 radical (unpaired) electrons. The van der Waals surface area contributed by atoms with E-state index in [9.17, 15) is 17.2 Å². The third kappa shape index (κ3) is 8.82. The molecular formula is C14H16F2N4O5S. The minimum atomic E-state index is -2.73. The molecule has 0 aliphatic heterocycles. The zero-order valence-corrected chi connectivity index (χ0v) is 14.7. The number of benzene rings is 1. The van der Waals surface area contributed by atoms with Gasteiger partial charge in [0, 0.05) is 0 Å². The number of para-hydroxylation sites is 1. The first-order valence-corrected chi connectivity index (χ1v) is 8.30. The minimum Gasteiger partial charge on any atom is -0.464 e. The van der Waals surface area contributed by atoms with Crippen LogP contribution >= 0.6 is 0 Å². The molecule has 0 atom stereocenters. The highest BCUT2D eigenvalue weighted by Crippen LogP contribution is 2.14. The summed E-state index contributed by atoms with van der Waals surface area (Å²) in [7, 11) is -2.63. The van der Waals surface area contributed by atoms with Gasteiger partial charge in [-0.15, -0.1) is 4.98 Å². The lowest BCUT2D eigenvalue weighted by Gasteiger charge is -2.03. The van der Waals surface area contributed by atoms with Crippen molar-refractivity contribution in [2.75, 3.05) is 13.2 Å². The molecular weight excluding hydrogens is 374 g/mol. The molecule has 12 heteroatoms. The summed E-state index contributed by atoms with van der Waals surface area (Å²) in [6.07, 6.45) is 0. The number of nitrogens with zero attached hydrogens (tertiary/aromatic N) is 4. The van der Waals surface area contributed by atoms with Crippen molar-refractivity contribution >= 4 is 16.4 Å². The Labute approximate surface area is 149 Å². The highest BCUT2D eigenvalue weighted by Gasteiger charge is 2.07. The van der Waals surface area contributed by atoms with E-state index in [1.165, 1.54) is 12.1 Å². The molecule has 1 aromatic heterocycles. The van der Waals surface area contributed by atoms with Gasteiger partial charge in [-0.25, -0.2) is 0 Å². The van der Waals surface area contributed by atoms with Crippen LogP contribution in [0.4, 0.5) is 14.7 Å². The molecule has 0 saturated carbocycles. The quantitative estimate of drug-likeness (QED) is 0.709. The summed E-state index contributed by atoms with van der Waals surface area (Å²) in [5, 5.41) is 0. The minimum absolute atomic E-state index is 0.0230. The van der Waals surface area contributed by atoms with Gasteiger partial charge < -0.3 is 14.2 Å². The molecule has 0 spiro atoms. The zero-order chi connectivity index (χ0) is 19.4. The van der Waals surface area contributed by atoms with E-state index in [0.717, 1.165) is 0 Å². The zero-order valence-electron chi connectivity index (χ0n) is 13.9. The molecule has 0 aliphatic rings. The number of rotatable bonds is 7. The van der Waals surface area contributed by atoms with E-state index >= 15 is 0 Å². The van der Waals surface area contributed by atoms with Crippen LogP contribution in [0.15, 0.2) is 34.7 Å². The number of alkyl halides is 2. The molecule has 0 unspecified atom stereocenters. The van der Waals surface area contributed by atoms with Crippen molar-refractivity contribution < 1.29 is 31.4 Å². The molecule has 2 rings (SSSR count). The molecule has 1 heterocycles. The van der Waals surface area contributed by atoms with Crippen LogP contribution in [0.1, 0.15) is 13.8 Å². The molecule has 9 nitrogen and oxygen atoms in total. The van der Waals surface area contributed by atoms with Gasteiger partial charge >= 0.3 is 29.1 Å². The van der Waals surface area contributed by atoms with Crippen LogP contribution in [-0.4, -0.2) is 43.2 Å². The van der Waals surface area contributed by atoms with Crippen molar-refractivity contribution in [2.45, 2.75) is 20.5 Å². The van der Waals surface area contributed by atoms with Crippen LogP contribution in [0.25, 0.3) is 0 Å². The van der Waals surface area contributed by atoms with Crippen LogP contribution in [-0.2, 0) is 10.5 Å². The molecule has 2 aromatic rings. The fraction of sp³-hybridized carbons (Fsp3) is 0.357. The molecule has 0 aliphatic carbocycles. The molecule has 26 heavy (non-hydrogen) atoms. The van der Waals surface area contributed by atoms with Gasteiger partial charge in [0.1, 0.15) is 5.75 Å². The molecule has 1 aromatic carbocycles. The van der Waals surface area contributed by atoms with Gasteiger partial charge in [-0.2, -0.15) is 27.2 Å².